The first-order valence-electron chi connectivity index (χ1n) is 27.5. The first kappa shape index (κ1) is 62.4. The molecule has 0 radical (unpaired) electrons. The smallest absolute Gasteiger partial charge is 0.497 e. The molecule has 0 aliphatic carbocycles. The molecule has 4 heterocycles. The fourth-order valence-electron chi connectivity index (χ4n) is 10.9. The maximum atomic E-state index is 14.4. The molecule has 456 valence electrons. The Bertz CT molecular complexity index is 3670. The second-order valence-corrected chi connectivity index (χ2v) is 21.3. The van der Waals surface area contributed by atoms with Crippen LogP contribution < -0.4 is 51.1 Å². The molecule has 6 aromatic carbocycles. The van der Waals surface area contributed by atoms with Crippen molar-refractivity contribution in [2.75, 3.05) is 41.7 Å². The molecule has 0 unspecified atom stereocenters. The van der Waals surface area contributed by atoms with Gasteiger partial charge in [-0.2, -0.15) is 4.79 Å². The van der Waals surface area contributed by atoms with E-state index in [0.29, 0.717) is 45.3 Å². The zero-order chi connectivity index (χ0) is 62.1. The van der Waals surface area contributed by atoms with Gasteiger partial charge in [-0.1, -0.05) is 151 Å². The average molecular weight is 1330 g/mol. The number of rotatable bonds is 22. The molecular weight excluding hydrogens is 1270 g/mol. The molecule has 2 aliphatic heterocycles. The highest BCUT2D eigenvalue weighted by molar-refractivity contribution is 9.11. The minimum atomic E-state index is -1.86. The molecule has 2 saturated heterocycles. The Morgan fingerprint density at radius 1 is 0.489 bits per heavy atom. The summed E-state index contributed by atoms with van der Waals surface area (Å²) in [4.78, 5) is 83.8. The topological polar surface area (TPSA) is 238 Å². The molecule has 2 N–H and O–H groups in total. The molecule has 8 aromatic rings. The number of nitrogens with zero attached hydrogens (tertiary/aromatic N) is 4. The SMILES string of the molecule is COc1ccc(C(OC[C@H]2O[C@@H](n3cc(/C=C/Br)c(=O)n(OC(=O)On4c(=O)c(/C=C/Br)cn([C@H]5C[C@H](O)[C@@H](COC(c6ccccc6)(c6ccc(OC)cc6)c6ccc(OC)cc6)O5)c4=O)c3=O)C[C@@H]2O)(c2ccccc2)c2ccc(OC)cc2)cc1. The van der Waals surface area contributed by atoms with Gasteiger partial charge in [-0.05, 0) is 104 Å². The summed E-state index contributed by atoms with van der Waals surface area (Å²) < 4.78 is 50.7. The van der Waals surface area contributed by atoms with Crippen molar-refractivity contribution < 1.29 is 62.6 Å². The van der Waals surface area contributed by atoms with Gasteiger partial charge in [0.05, 0.1) is 65.0 Å². The Hall–Kier alpha value is -8.65. The molecule has 0 saturated carbocycles. The normalized spacial score (nSPS) is 18.6. The van der Waals surface area contributed by atoms with Crippen LogP contribution in [0, 0.1) is 0 Å². The van der Waals surface area contributed by atoms with E-state index in [1.165, 1.54) is 22.1 Å². The molecule has 10 rings (SSSR count). The van der Waals surface area contributed by atoms with Crippen LogP contribution in [0.5, 0.6) is 23.0 Å². The molecule has 6 atom stereocenters. The maximum absolute atomic E-state index is 14.4. The van der Waals surface area contributed by atoms with Crippen LogP contribution in [-0.2, 0) is 30.1 Å². The Labute approximate surface area is 520 Å². The van der Waals surface area contributed by atoms with Gasteiger partial charge in [-0.25, -0.2) is 9.59 Å². The van der Waals surface area contributed by atoms with Crippen molar-refractivity contribution in [2.45, 2.75) is 60.9 Å². The lowest BCUT2D eigenvalue weighted by Crippen LogP contribution is -2.51. The summed E-state index contributed by atoms with van der Waals surface area (Å²) >= 11 is 6.31. The monoisotopic (exact) mass is 1330 g/mol. The molecule has 2 fully saturated rings. The van der Waals surface area contributed by atoms with E-state index in [4.69, 9.17) is 47.6 Å². The predicted octanol–water partition coefficient (Wildman–Crippen LogP) is 8.09. The number of methoxy groups -OCH3 is 4. The molecule has 0 spiro atoms. The van der Waals surface area contributed by atoms with Crippen molar-refractivity contribution >= 4 is 50.2 Å². The zero-order valence-corrected chi connectivity index (χ0v) is 51.0. The molecule has 2 aromatic heterocycles. The fraction of sp³-hybridized carbons (Fsp3) is 0.246. The van der Waals surface area contributed by atoms with Gasteiger partial charge in [-0.3, -0.25) is 28.4 Å². The van der Waals surface area contributed by atoms with E-state index in [1.807, 2.05) is 109 Å². The first-order chi connectivity index (χ1) is 42.7. The summed E-state index contributed by atoms with van der Waals surface area (Å²) in [5.41, 5.74) is -3.57. The Kier molecular flexibility index (Phi) is 19.6. The highest BCUT2D eigenvalue weighted by Crippen LogP contribution is 2.45. The molecule has 23 heteroatoms. The fourth-order valence-corrected chi connectivity index (χ4v) is 11.4. The summed E-state index contributed by atoms with van der Waals surface area (Å²) in [5, 5.41) is 23.3. The zero-order valence-electron chi connectivity index (χ0n) is 47.8. The van der Waals surface area contributed by atoms with E-state index in [-0.39, 0.29) is 46.6 Å². The summed E-state index contributed by atoms with van der Waals surface area (Å²) in [6.45, 7) is -0.482. The number of benzene rings is 6. The van der Waals surface area contributed by atoms with Gasteiger partial charge < -0.3 is 48.1 Å². The van der Waals surface area contributed by atoms with Crippen LogP contribution in [0.4, 0.5) is 4.79 Å². The third kappa shape index (κ3) is 12.6. The van der Waals surface area contributed by atoms with Crippen molar-refractivity contribution in [1.29, 1.82) is 0 Å². The predicted molar refractivity (Wildman–Crippen MR) is 330 cm³/mol. The number of carbonyl (C=O) groups excluding carboxylic acids is 1. The minimum absolute atomic E-state index is 0.0677. The van der Waals surface area contributed by atoms with Gasteiger partial charge in [0.1, 0.15) is 58.9 Å². The molecule has 21 nitrogen and oxygen atoms in total. The molecule has 2 aliphatic rings. The number of ether oxygens (including phenoxy) is 8. The highest BCUT2D eigenvalue weighted by Gasteiger charge is 2.45. The Balaban J connectivity index is 0.910. The van der Waals surface area contributed by atoms with Crippen LogP contribution in [0.15, 0.2) is 199 Å². The van der Waals surface area contributed by atoms with Gasteiger partial charge in [-0.15, -0.1) is 0 Å². The van der Waals surface area contributed by atoms with Crippen LogP contribution in [0.2, 0.25) is 0 Å². The third-order valence-corrected chi connectivity index (χ3v) is 15.9. The van der Waals surface area contributed by atoms with Crippen molar-refractivity contribution in [3.05, 3.63) is 266 Å². The van der Waals surface area contributed by atoms with Gasteiger partial charge in [0, 0.05) is 25.2 Å². The minimum Gasteiger partial charge on any atom is -0.497 e. The second-order valence-electron chi connectivity index (χ2n) is 20.3. The van der Waals surface area contributed by atoms with Crippen molar-refractivity contribution in [1.82, 2.24) is 18.6 Å². The summed E-state index contributed by atoms with van der Waals surface area (Å²) in [6, 6.07) is 48.3. The van der Waals surface area contributed by atoms with E-state index in [0.717, 1.165) is 32.7 Å². The van der Waals surface area contributed by atoms with Crippen LogP contribution >= 0.6 is 31.9 Å². The average Bonchev–Trinajstić information content (AvgIpc) is 1.99. The van der Waals surface area contributed by atoms with Gasteiger partial charge in [0.2, 0.25) is 0 Å². The number of carbonyl (C=O) groups is 1. The maximum Gasteiger partial charge on any atom is 0.560 e. The summed E-state index contributed by atoms with van der Waals surface area (Å²) in [5.74, 6) is 2.44. The van der Waals surface area contributed by atoms with Gasteiger partial charge >= 0.3 is 17.5 Å². The lowest BCUT2D eigenvalue weighted by Gasteiger charge is -2.37. The largest absolute Gasteiger partial charge is 0.560 e. The van der Waals surface area contributed by atoms with E-state index < -0.39 is 76.7 Å². The quantitative estimate of drug-likeness (QED) is 0.0610. The lowest BCUT2D eigenvalue weighted by atomic mass is 9.80. The number of hydrogen-bond acceptors (Lipinski definition) is 17. The molecular formula is C65H60Br2N4O17. The third-order valence-electron chi connectivity index (χ3n) is 15.3. The lowest BCUT2D eigenvalue weighted by molar-refractivity contribution is -0.0956. The van der Waals surface area contributed by atoms with Crippen LogP contribution in [0.3, 0.4) is 0 Å². The number of hydrogen-bond donors (Lipinski definition) is 2. The first-order valence-corrected chi connectivity index (χ1v) is 29.4. The summed E-state index contributed by atoms with van der Waals surface area (Å²) in [7, 11) is 6.25. The number of halogens is 2. The molecule has 0 amide bonds. The Morgan fingerprint density at radius 2 is 0.784 bits per heavy atom. The molecule has 0 bridgehead atoms. The van der Waals surface area contributed by atoms with Crippen LogP contribution in [0.1, 0.15) is 69.8 Å². The second kappa shape index (κ2) is 27.6. The molecule has 88 heavy (non-hydrogen) atoms. The number of aromatic nitrogens is 4. The van der Waals surface area contributed by atoms with Crippen molar-refractivity contribution in [3.63, 3.8) is 0 Å². The van der Waals surface area contributed by atoms with E-state index in [1.54, 1.807) is 77.0 Å². The Morgan fingerprint density at radius 3 is 1.07 bits per heavy atom. The van der Waals surface area contributed by atoms with E-state index in [9.17, 15) is 34.2 Å². The van der Waals surface area contributed by atoms with E-state index in [2.05, 4.69) is 31.9 Å². The van der Waals surface area contributed by atoms with Gasteiger partial charge in [0.25, 0.3) is 11.1 Å². The number of aliphatic hydroxyl groups is 2. The van der Waals surface area contributed by atoms with Crippen LogP contribution in [0.25, 0.3) is 12.2 Å². The van der Waals surface area contributed by atoms with Crippen molar-refractivity contribution in [2.24, 2.45) is 0 Å². The van der Waals surface area contributed by atoms with E-state index >= 15 is 0 Å². The highest BCUT2D eigenvalue weighted by atomic mass is 79.9. The van der Waals surface area contributed by atoms with Crippen LogP contribution in [-0.4, -0.2) is 101 Å². The van der Waals surface area contributed by atoms with Crippen molar-refractivity contribution in [3.8, 4) is 23.0 Å². The van der Waals surface area contributed by atoms with Gasteiger partial charge in [0.15, 0.2) is 0 Å². The standard InChI is InChI=1S/C65H60Br2N4O17/c1-79-49-23-15-45(16-24-49)64(43-11-7-5-8-12-43,46-17-25-50(80-2)26-18-46)83-39-55-53(72)35-57(85-55)68-37-41(31-33-66)59(74)70(61(68)76)87-63(78)88-71-60(75)42(32-34-67)38-69(62(71)77)58-36-54(73)56(86-58)40-84-65(44-13-9-6-10-14-44,47-19-27-51(81-3)28-20-47)48-21-29-52(82-4)30-22-48/h5-34,37-38,53-58,72-73H,35-36,39-40H2,1-4H3/b33-31+,34-32+/t53-,54-,55+,56+,57+,58+/m0/s1. The summed E-state index contributed by atoms with van der Waals surface area (Å²) in [6.07, 6.45) is -4.65. The number of aliphatic hydroxyl groups excluding tert-OH is 2.